The van der Waals surface area contributed by atoms with E-state index in [1.54, 1.807) is 12.4 Å². The van der Waals surface area contributed by atoms with Gasteiger partial charge in [0.05, 0.1) is 18.3 Å². The maximum absolute atomic E-state index is 12.3. The Morgan fingerprint density at radius 1 is 1.18 bits per heavy atom. The highest BCUT2D eigenvalue weighted by Gasteiger charge is 2.13. The van der Waals surface area contributed by atoms with Crippen molar-refractivity contribution in [3.63, 3.8) is 0 Å². The van der Waals surface area contributed by atoms with E-state index in [0.29, 0.717) is 12.4 Å². The summed E-state index contributed by atoms with van der Waals surface area (Å²) in [4.78, 5) is 23.2. The van der Waals surface area contributed by atoms with Gasteiger partial charge in [-0.05, 0) is 49.2 Å². The first-order chi connectivity index (χ1) is 13.8. The van der Waals surface area contributed by atoms with E-state index in [1.165, 1.54) is 29.9 Å². The Bertz CT molecular complexity index is 906. The van der Waals surface area contributed by atoms with Crippen LogP contribution in [0.2, 0.25) is 0 Å². The van der Waals surface area contributed by atoms with Crippen molar-refractivity contribution in [3.8, 4) is 5.75 Å². The molecule has 1 aliphatic heterocycles. The van der Waals surface area contributed by atoms with Crippen LogP contribution in [0.25, 0.3) is 0 Å². The summed E-state index contributed by atoms with van der Waals surface area (Å²) in [7, 11) is 0. The number of nitrogens with zero attached hydrogens (tertiary/aromatic N) is 3. The van der Waals surface area contributed by atoms with Crippen LogP contribution in [0.4, 0.5) is 11.4 Å². The molecule has 3 heterocycles. The van der Waals surface area contributed by atoms with Gasteiger partial charge in [-0.3, -0.25) is 9.78 Å². The predicted octanol–water partition coefficient (Wildman–Crippen LogP) is 3.90. The van der Waals surface area contributed by atoms with Crippen molar-refractivity contribution in [2.24, 2.45) is 0 Å². The average molecular weight is 395 g/mol. The Morgan fingerprint density at radius 2 is 2.00 bits per heavy atom. The number of thiazole rings is 1. The summed E-state index contributed by atoms with van der Waals surface area (Å²) in [5, 5.41) is 5.68. The fourth-order valence-corrected chi connectivity index (χ4v) is 3.88. The number of carbonyl (C=O) groups is 1. The average Bonchev–Trinajstić information content (AvgIpc) is 3.40. The minimum absolute atomic E-state index is 0.0704. The van der Waals surface area contributed by atoms with Crippen molar-refractivity contribution < 1.29 is 9.53 Å². The van der Waals surface area contributed by atoms with Gasteiger partial charge in [-0.25, -0.2) is 4.98 Å². The summed E-state index contributed by atoms with van der Waals surface area (Å²) in [6.45, 7) is 2.60. The molecule has 144 valence electrons. The number of aromatic nitrogens is 2. The third-order valence-electron chi connectivity index (χ3n) is 4.56. The molecular formula is C21H22N4O2S. The Balaban J connectivity index is 1.27. The zero-order chi connectivity index (χ0) is 19.2. The van der Waals surface area contributed by atoms with Crippen LogP contribution in [0.3, 0.4) is 0 Å². The second kappa shape index (κ2) is 8.84. The van der Waals surface area contributed by atoms with Gasteiger partial charge in [-0.1, -0.05) is 0 Å². The molecule has 28 heavy (non-hydrogen) atoms. The van der Waals surface area contributed by atoms with Crippen molar-refractivity contribution in [2.75, 3.05) is 23.3 Å². The second-order valence-electron chi connectivity index (χ2n) is 6.68. The predicted molar refractivity (Wildman–Crippen MR) is 111 cm³/mol. The fourth-order valence-electron chi connectivity index (χ4n) is 3.17. The first-order valence-corrected chi connectivity index (χ1v) is 10.3. The Morgan fingerprint density at radius 3 is 2.75 bits per heavy atom. The Labute approximate surface area is 168 Å². The number of hydrogen-bond acceptors (Lipinski definition) is 6. The minimum Gasteiger partial charge on any atom is -0.485 e. The van der Waals surface area contributed by atoms with E-state index in [0.717, 1.165) is 29.5 Å². The Kier molecular flexibility index (Phi) is 5.82. The molecule has 6 nitrogen and oxygen atoms in total. The van der Waals surface area contributed by atoms with Crippen LogP contribution in [-0.4, -0.2) is 29.0 Å². The first kappa shape index (κ1) is 18.4. The molecular weight excluding hydrogens is 372 g/mol. The zero-order valence-electron chi connectivity index (χ0n) is 15.5. The molecule has 1 saturated heterocycles. The summed E-state index contributed by atoms with van der Waals surface area (Å²) in [5.74, 6) is 0.633. The Hall–Kier alpha value is -2.93. The van der Waals surface area contributed by atoms with Crippen LogP contribution in [0.5, 0.6) is 5.75 Å². The van der Waals surface area contributed by atoms with Crippen molar-refractivity contribution in [3.05, 3.63) is 64.9 Å². The number of nitrogens with one attached hydrogen (secondary N) is 1. The topological polar surface area (TPSA) is 67.3 Å². The minimum atomic E-state index is -0.0704. The molecule has 2 aromatic heterocycles. The van der Waals surface area contributed by atoms with Gasteiger partial charge in [0.1, 0.15) is 17.4 Å². The summed E-state index contributed by atoms with van der Waals surface area (Å²) < 4.78 is 5.64. The molecule has 1 amide bonds. The van der Waals surface area contributed by atoms with Gasteiger partial charge in [0.2, 0.25) is 5.91 Å². The summed E-state index contributed by atoms with van der Waals surface area (Å²) in [6.07, 6.45) is 6.12. The molecule has 0 atom stereocenters. The van der Waals surface area contributed by atoms with E-state index in [4.69, 9.17) is 4.74 Å². The van der Waals surface area contributed by atoms with Gasteiger partial charge < -0.3 is 15.0 Å². The monoisotopic (exact) mass is 394 g/mol. The summed E-state index contributed by atoms with van der Waals surface area (Å²) in [6, 6.07) is 11.7. The van der Waals surface area contributed by atoms with E-state index in [2.05, 4.69) is 32.3 Å². The molecule has 7 heteroatoms. The zero-order valence-corrected chi connectivity index (χ0v) is 16.3. The van der Waals surface area contributed by atoms with Gasteiger partial charge in [0.25, 0.3) is 0 Å². The van der Waals surface area contributed by atoms with E-state index in [9.17, 15) is 4.79 Å². The summed E-state index contributed by atoms with van der Waals surface area (Å²) >= 11 is 1.49. The van der Waals surface area contributed by atoms with E-state index in [-0.39, 0.29) is 12.3 Å². The fraction of sp³-hybridized carbons (Fsp3) is 0.286. The number of pyridine rings is 1. The number of rotatable bonds is 7. The lowest BCUT2D eigenvalue weighted by Gasteiger charge is -2.17. The highest BCUT2D eigenvalue weighted by molar-refractivity contribution is 7.09. The lowest BCUT2D eigenvalue weighted by molar-refractivity contribution is -0.115. The largest absolute Gasteiger partial charge is 0.485 e. The van der Waals surface area contributed by atoms with E-state index < -0.39 is 0 Å². The number of benzene rings is 1. The number of carbonyl (C=O) groups excluding carboxylic acids is 1. The van der Waals surface area contributed by atoms with E-state index in [1.807, 2.05) is 29.6 Å². The van der Waals surface area contributed by atoms with Crippen LogP contribution in [0.1, 0.15) is 23.5 Å². The molecule has 4 rings (SSSR count). The van der Waals surface area contributed by atoms with Crippen molar-refractivity contribution in [1.29, 1.82) is 0 Å². The standard InChI is InChI=1S/C21H22N4O2S/c26-20(23-16-5-7-18(8-6-16)25-10-1-2-11-25)12-17-15-28-21(24-17)14-27-19-4-3-9-22-13-19/h3-9,13,15H,1-2,10-12,14H2,(H,23,26). The van der Waals surface area contributed by atoms with Gasteiger partial charge in [-0.2, -0.15) is 0 Å². The molecule has 0 aliphatic carbocycles. The molecule has 0 saturated carbocycles. The van der Waals surface area contributed by atoms with Gasteiger partial charge in [0, 0.05) is 36.0 Å². The molecule has 1 aliphatic rings. The molecule has 3 aromatic rings. The SMILES string of the molecule is O=C(Cc1csc(COc2cccnc2)n1)Nc1ccc(N2CCCC2)cc1. The van der Waals surface area contributed by atoms with Gasteiger partial charge in [-0.15, -0.1) is 11.3 Å². The quantitative estimate of drug-likeness (QED) is 0.658. The van der Waals surface area contributed by atoms with Crippen molar-refractivity contribution >= 4 is 28.6 Å². The summed E-state index contributed by atoms with van der Waals surface area (Å²) in [5.41, 5.74) is 2.78. The maximum atomic E-state index is 12.3. The van der Waals surface area contributed by atoms with Crippen molar-refractivity contribution in [2.45, 2.75) is 25.9 Å². The lowest BCUT2D eigenvalue weighted by Crippen LogP contribution is -2.18. The van der Waals surface area contributed by atoms with Crippen LogP contribution in [0, 0.1) is 0 Å². The normalized spacial score (nSPS) is 13.5. The molecule has 0 bridgehead atoms. The van der Waals surface area contributed by atoms with Gasteiger partial charge in [0.15, 0.2) is 0 Å². The van der Waals surface area contributed by atoms with Crippen LogP contribution in [0.15, 0.2) is 54.2 Å². The van der Waals surface area contributed by atoms with E-state index >= 15 is 0 Å². The maximum Gasteiger partial charge on any atom is 0.230 e. The number of anilines is 2. The molecule has 1 fully saturated rings. The van der Waals surface area contributed by atoms with Crippen LogP contribution >= 0.6 is 11.3 Å². The van der Waals surface area contributed by atoms with Gasteiger partial charge >= 0.3 is 0 Å². The number of amides is 1. The van der Waals surface area contributed by atoms with Crippen LogP contribution < -0.4 is 15.0 Å². The molecule has 1 aromatic carbocycles. The molecule has 1 N–H and O–H groups in total. The number of hydrogen-bond donors (Lipinski definition) is 1. The highest BCUT2D eigenvalue weighted by atomic mass is 32.1. The third kappa shape index (κ3) is 4.86. The molecule has 0 spiro atoms. The first-order valence-electron chi connectivity index (χ1n) is 9.37. The molecule has 0 radical (unpaired) electrons. The van der Waals surface area contributed by atoms with Crippen molar-refractivity contribution in [1.82, 2.24) is 9.97 Å². The number of ether oxygens (including phenoxy) is 1. The van der Waals surface area contributed by atoms with Crippen LogP contribution in [-0.2, 0) is 17.8 Å². The third-order valence-corrected chi connectivity index (χ3v) is 5.43. The second-order valence-corrected chi connectivity index (χ2v) is 7.62. The highest BCUT2D eigenvalue weighted by Crippen LogP contribution is 2.22. The molecule has 0 unspecified atom stereocenters. The lowest BCUT2D eigenvalue weighted by atomic mass is 10.2. The smallest absolute Gasteiger partial charge is 0.230 e.